The van der Waals surface area contributed by atoms with E-state index in [9.17, 15) is 4.79 Å². The first-order chi connectivity index (χ1) is 10.8. The molecule has 2 aliphatic rings. The minimum Gasteiger partial charge on any atom is -0.410 e. The summed E-state index contributed by atoms with van der Waals surface area (Å²) < 4.78 is 12.2. The molecule has 1 aromatic rings. The third-order valence-electron chi connectivity index (χ3n) is 4.61. The van der Waals surface area contributed by atoms with Crippen LogP contribution in [-0.2, 0) is 14.0 Å². The minimum atomic E-state index is -1.77. The molecule has 2 bridgehead atoms. The number of benzene rings is 1. The smallest absolute Gasteiger partial charge is 0.184 e. The molecule has 0 amide bonds. The van der Waals surface area contributed by atoms with E-state index in [4.69, 9.17) is 9.16 Å². The average Bonchev–Trinajstić information content (AvgIpc) is 3.14. The summed E-state index contributed by atoms with van der Waals surface area (Å²) in [4.78, 5) is 13.1. The highest BCUT2D eigenvalue weighted by atomic mass is 28.4. The van der Waals surface area contributed by atoms with Crippen molar-refractivity contribution in [2.45, 2.75) is 51.3 Å². The van der Waals surface area contributed by atoms with Crippen LogP contribution in [0.15, 0.2) is 42.5 Å². The van der Waals surface area contributed by atoms with Gasteiger partial charge in [-0.1, -0.05) is 49.4 Å². The van der Waals surface area contributed by atoms with Gasteiger partial charge in [0.1, 0.15) is 5.78 Å². The lowest BCUT2D eigenvalue weighted by molar-refractivity contribution is -0.130. The Morgan fingerprint density at radius 2 is 1.91 bits per heavy atom. The summed E-state index contributed by atoms with van der Waals surface area (Å²) in [7, 11) is -1.77. The van der Waals surface area contributed by atoms with E-state index >= 15 is 0 Å². The maximum Gasteiger partial charge on any atom is 0.184 e. The molecule has 0 N–H and O–H groups in total. The van der Waals surface area contributed by atoms with E-state index in [0.29, 0.717) is 0 Å². The van der Waals surface area contributed by atoms with E-state index < -0.39 is 8.32 Å². The summed E-state index contributed by atoms with van der Waals surface area (Å²) in [6.07, 6.45) is 4.87. The standard InChI is InChI=1S/C19H26O3Si/c1-13(18(20)16-12-15-10-11-17(16)21-15)19(22-23(2,3)4)14-8-6-5-7-9-14/h5-11,13,15-17,19H,12H2,1-4H3/t13-,15-,16-,17+,19+/m0/s1. The largest absolute Gasteiger partial charge is 0.410 e. The van der Waals surface area contributed by atoms with Gasteiger partial charge in [0.15, 0.2) is 8.32 Å². The number of rotatable bonds is 6. The van der Waals surface area contributed by atoms with Gasteiger partial charge in [-0.2, -0.15) is 0 Å². The first-order valence-corrected chi connectivity index (χ1v) is 11.9. The molecule has 124 valence electrons. The molecule has 1 fully saturated rings. The van der Waals surface area contributed by atoms with Crippen LogP contribution in [-0.4, -0.2) is 26.3 Å². The Morgan fingerprint density at radius 3 is 2.43 bits per heavy atom. The fraction of sp³-hybridized carbons (Fsp3) is 0.526. The summed E-state index contributed by atoms with van der Waals surface area (Å²) >= 11 is 0. The van der Waals surface area contributed by atoms with Crippen molar-refractivity contribution in [3.8, 4) is 0 Å². The molecule has 1 saturated heterocycles. The van der Waals surface area contributed by atoms with Gasteiger partial charge in [0.2, 0.25) is 0 Å². The summed E-state index contributed by atoms with van der Waals surface area (Å²) in [6.45, 7) is 8.52. The SMILES string of the molecule is C[C@@H](C(=O)[C@H]1C[C@@H]2C=C[C@H]1O2)[C@@H](O[Si](C)(C)C)c1ccccc1. The first kappa shape index (κ1) is 16.6. The van der Waals surface area contributed by atoms with Crippen molar-refractivity contribution in [1.82, 2.24) is 0 Å². The predicted octanol–water partition coefficient (Wildman–Crippen LogP) is 4.13. The van der Waals surface area contributed by atoms with Crippen LogP contribution in [0.5, 0.6) is 0 Å². The van der Waals surface area contributed by atoms with Crippen molar-refractivity contribution >= 4 is 14.1 Å². The molecule has 3 rings (SSSR count). The van der Waals surface area contributed by atoms with Gasteiger partial charge in [-0.25, -0.2) is 0 Å². The summed E-state index contributed by atoms with van der Waals surface area (Å²) in [5, 5.41) is 0. The molecule has 0 spiro atoms. The highest BCUT2D eigenvalue weighted by Gasteiger charge is 2.44. The highest BCUT2D eigenvalue weighted by molar-refractivity contribution is 6.69. The van der Waals surface area contributed by atoms with E-state index in [1.807, 2.05) is 31.2 Å². The van der Waals surface area contributed by atoms with Gasteiger partial charge in [-0.3, -0.25) is 4.79 Å². The number of ketones is 1. The van der Waals surface area contributed by atoms with Crippen molar-refractivity contribution < 1.29 is 14.0 Å². The number of carbonyl (C=O) groups excluding carboxylic acids is 1. The third kappa shape index (κ3) is 3.65. The van der Waals surface area contributed by atoms with Crippen LogP contribution < -0.4 is 0 Å². The summed E-state index contributed by atoms with van der Waals surface area (Å²) in [5.41, 5.74) is 1.09. The van der Waals surface area contributed by atoms with Crippen LogP contribution >= 0.6 is 0 Å². The Bertz CT molecular complexity index is 590. The van der Waals surface area contributed by atoms with Gasteiger partial charge in [0.25, 0.3) is 0 Å². The van der Waals surface area contributed by atoms with Crippen LogP contribution in [0.1, 0.15) is 25.0 Å². The Balaban J connectivity index is 1.81. The lowest BCUT2D eigenvalue weighted by atomic mass is 9.81. The molecule has 0 aliphatic carbocycles. The van der Waals surface area contributed by atoms with Crippen molar-refractivity contribution in [3.63, 3.8) is 0 Å². The quantitative estimate of drug-likeness (QED) is 0.581. The molecule has 4 heteroatoms. The lowest BCUT2D eigenvalue weighted by Gasteiger charge is -2.32. The van der Waals surface area contributed by atoms with Crippen molar-refractivity contribution in [2.24, 2.45) is 11.8 Å². The van der Waals surface area contributed by atoms with E-state index in [-0.39, 0.29) is 35.9 Å². The molecule has 0 unspecified atom stereocenters. The van der Waals surface area contributed by atoms with Crippen molar-refractivity contribution in [3.05, 3.63) is 48.0 Å². The Hall–Kier alpha value is -1.23. The Morgan fingerprint density at radius 1 is 1.22 bits per heavy atom. The van der Waals surface area contributed by atoms with Crippen LogP contribution in [0.4, 0.5) is 0 Å². The van der Waals surface area contributed by atoms with Gasteiger partial charge < -0.3 is 9.16 Å². The molecule has 1 aromatic carbocycles. The maximum atomic E-state index is 13.1. The summed E-state index contributed by atoms with van der Waals surface area (Å²) in [5.74, 6) is 0.0934. The number of ether oxygens (including phenoxy) is 1. The molecule has 0 aromatic heterocycles. The maximum absolute atomic E-state index is 13.1. The molecule has 0 saturated carbocycles. The molecular weight excluding hydrogens is 304 g/mol. The van der Waals surface area contributed by atoms with Gasteiger partial charge in [-0.05, 0) is 31.6 Å². The average molecular weight is 330 g/mol. The monoisotopic (exact) mass is 330 g/mol. The van der Waals surface area contributed by atoms with Gasteiger partial charge in [-0.15, -0.1) is 0 Å². The van der Waals surface area contributed by atoms with Crippen LogP contribution in [0, 0.1) is 11.8 Å². The number of Topliss-reactive ketones (excluding diaryl/α,β-unsaturated/α-hetero) is 1. The zero-order valence-electron chi connectivity index (χ0n) is 14.4. The second-order valence-corrected chi connectivity index (χ2v) is 12.1. The van der Waals surface area contributed by atoms with Crippen LogP contribution in [0.25, 0.3) is 0 Å². The fourth-order valence-corrected chi connectivity index (χ4v) is 4.62. The normalized spacial score (nSPS) is 28.8. The number of hydrogen-bond donors (Lipinski definition) is 0. The number of carbonyl (C=O) groups is 1. The van der Waals surface area contributed by atoms with E-state index in [0.717, 1.165) is 12.0 Å². The van der Waals surface area contributed by atoms with Crippen molar-refractivity contribution in [2.75, 3.05) is 0 Å². The number of fused-ring (bicyclic) bond motifs is 2. The molecule has 2 heterocycles. The molecule has 2 aliphatic heterocycles. The second kappa shape index (κ2) is 6.34. The fourth-order valence-electron chi connectivity index (χ4n) is 3.52. The van der Waals surface area contributed by atoms with E-state index in [2.05, 4.69) is 37.8 Å². The van der Waals surface area contributed by atoms with E-state index in [1.54, 1.807) is 0 Å². The predicted molar refractivity (Wildman–Crippen MR) is 93.7 cm³/mol. The second-order valence-electron chi connectivity index (χ2n) is 7.62. The topological polar surface area (TPSA) is 35.5 Å². The zero-order valence-corrected chi connectivity index (χ0v) is 15.4. The summed E-state index contributed by atoms with van der Waals surface area (Å²) in [6, 6.07) is 10.1. The van der Waals surface area contributed by atoms with Crippen LogP contribution in [0.2, 0.25) is 19.6 Å². The lowest BCUT2D eigenvalue weighted by Crippen LogP contribution is -2.36. The van der Waals surface area contributed by atoms with Gasteiger partial charge in [0.05, 0.1) is 24.2 Å². The Labute approximate surface area is 139 Å². The molecule has 0 radical (unpaired) electrons. The number of hydrogen-bond acceptors (Lipinski definition) is 3. The highest BCUT2D eigenvalue weighted by Crippen LogP contribution is 2.39. The van der Waals surface area contributed by atoms with Crippen molar-refractivity contribution in [1.29, 1.82) is 0 Å². The molecule has 3 nitrogen and oxygen atoms in total. The van der Waals surface area contributed by atoms with Gasteiger partial charge in [0, 0.05) is 5.92 Å². The minimum absolute atomic E-state index is 0.0172. The third-order valence-corrected chi connectivity index (χ3v) is 5.57. The van der Waals surface area contributed by atoms with E-state index in [1.165, 1.54) is 0 Å². The zero-order chi connectivity index (χ0) is 16.6. The first-order valence-electron chi connectivity index (χ1n) is 8.45. The molecule has 5 atom stereocenters. The van der Waals surface area contributed by atoms with Gasteiger partial charge >= 0.3 is 0 Å². The Kier molecular flexibility index (Phi) is 4.58. The molecular formula is C19H26O3Si. The van der Waals surface area contributed by atoms with Crippen LogP contribution in [0.3, 0.4) is 0 Å². The molecule has 23 heavy (non-hydrogen) atoms.